The van der Waals surface area contributed by atoms with E-state index in [1.807, 2.05) is 13.8 Å². The molecule has 2 aromatic rings. The van der Waals surface area contributed by atoms with Crippen LogP contribution in [0.2, 0.25) is 0 Å². The van der Waals surface area contributed by atoms with Crippen molar-refractivity contribution >= 4 is 47.6 Å². The van der Waals surface area contributed by atoms with Crippen LogP contribution in [-0.4, -0.2) is 70.9 Å². The molecule has 1 aliphatic rings. The van der Waals surface area contributed by atoms with E-state index in [0.717, 1.165) is 26.2 Å². The zero-order chi connectivity index (χ0) is 23.7. The largest absolute Gasteiger partial charge is 0.338 e. The fourth-order valence-corrected chi connectivity index (χ4v) is 5.95. The molecule has 2 aromatic carbocycles. The molecule has 0 aliphatic carbocycles. The molecular weight excluding hydrogens is 518 g/mol. The maximum atomic E-state index is 12.9. The minimum atomic E-state index is -3.69. The predicted octanol–water partition coefficient (Wildman–Crippen LogP) is 2.37. The Morgan fingerprint density at radius 1 is 0.969 bits per heavy atom. The number of anilines is 1. The van der Waals surface area contributed by atoms with Gasteiger partial charge in [0.2, 0.25) is 26.0 Å². The second-order valence-corrected chi connectivity index (χ2v) is 12.5. The molecule has 0 N–H and O–H groups in total. The molecule has 11 heteroatoms. The number of hydrogen-bond acceptors (Lipinski definition) is 5. The number of aryl methyl sites for hydroxylation is 2. The first kappa shape index (κ1) is 24.7. The minimum Gasteiger partial charge on any atom is -0.338 e. The van der Waals surface area contributed by atoms with Crippen molar-refractivity contribution in [2.75, 3.05) is 43.3 Å². The number of carbonyl (C=O) groups is 1. The Hall–Kier alpha value is -1.95. The average Bonchev–Trinajstić information content (AvgIpc) is 2.73. The fourth-order valence-electron chi connectivity index (χ4n) is 3.44. The first-order valence-electron chi connectivity index (χ1n) is 9.98. The molecule has 1 amide bonds. The highest BCUT2D eigenvalue weighted by Gasteiger charge is 2.31. The van der Waals surface area contributed by atoms with E-state index < -0.39 is 20.0 Å². The molecule has 0 saturated carbocycles. The van der Waals surface area contributed by atoms with Gasteiger partial charge in [-0.15, -0.1) is 0 Å². The Morgan fingerprint density at radius 2 is 1.56 bits per heavy atom. The Kier molecular flexibility index (Phi) is 7.33. The number of nitrogens with zero attached hydrogens (tertiary/aromatic N) is 3. The molecule has 0 bridgehead atoms. The molecule has 1 aliphatic heterocycles. The van der Waals surface area contributed by atoms with Crippen LogP contribution < -0.4 is 4.31 Å². The summed E-state index contributed by atoms with van der Waals surface area (Å²) in [6.07, 6.45) is 1.06. The van der Waals surface area contributed by atoms with Crippen LogP contribution in [0.15, 0.2) is 51.8 Å². The normalized spacial score (nSPS) is 15.6. The number of halogens is 1. The summed E-state index contributed by atoms with van der Waals surface area (Å²) >= 11 is 3.39. The first-order valence-corrected chi connectivity index (χ1v) is 14.1. The van der Waals surface area contributed by atoms with E-state index in [-0.39, 0.29) is 43.5 Å². The number of amides is 1. The molecule has 0 aromatic heterocycles. The average molecular weight is 544 g/mol. The van der Waals surface area contributed by atoms with Crippen molar-refractivity contribution in [1.29, 1.82) is 0 Å². The van der Waals surface area contributed by atoms with Gasteiger partial charge in [0.25, 0.3) is 0 Å². The van der Waals surface area contributed by atoms with Gasteiger partial charge in [-0.25, -0.2) is 16.8 Å². The molecule has 0 unspecified atom stereocenters. The van der Waals surface area contributed by atoms with Gasteiger partial charge in [0.1, 0.15) is 6.54 Å². The second-order valence-electron chi connectivity index (χ2n) is 7.80. The lowest BCUT2D eigenvalue weighted by Gasteiger charge is -2.35. The van der Waals surface area contributed by atoms with E-state index in [2.05, 4.69) is 15.9 Å². The summed E-state index contributed by atoms with van der Waals surface area (Å²) in [5.74, 6) is -0.372. The summed E-state index contributed by atoms with van der Waals surface area (Å²) in [5, 5.41) is 0. The van der Waals surface area contributed by atoms with Crippen molar-refractivity contribution in [3.63, 3.8) is 0 Å². The molecule has 0 spiro atoms. The van der Waals surface area contributed by atoms with Gasteiger partial charge in [-0.1, -0.05) is 33.6 Å². The number of sulfonamides is 2. The quantitative estimate of drug-likeness (QED) is 0.557. The van der Waals surface area contributed by atoms with Gasteiger partial charge in [0, 0.05) is 30.7 Å². The van der Waals surface area contributed by atoms with Crippen molar-refractivity contribution < 1.29 is 21.6 Å². The summed E-state index contributed by atoms with van der Waals surface area (Å²) in [6, 6.07) is 11.7. The van der Waals surface area contributed by atoms with E-state index >= 15 is 0 Å². The van der Waals surface area contributed by atoms with E-state index in [1.165, 1.54) is 9.21 Å². The van der Waals surface area contributed by atoms with E-state index in [1.54, 1.807) is 42.5 Å². The standard InChI is InChI=1S/C21H26BrN3O5S2/c1-16-4-7-19(8-5-16)32(29,30)24-12-10-23(11-13-24)21(26)15-25(31(3,27)28)18-6-9-20(22)17(2)14-18/h4-9,14H,10-13,15H2,1-3H3. The lowest BCUT2D eigenvalue weighted by atomic mass is 10.2. The summed E-state index contributed by atoms with van der Waals surface area (Å²) in [7, 11) is -7.33. The highest BCUT2D eigenvalue weighted by Crippen LogP contribution is 2.25. The highest BCUT2D eigenvalue weighted by atomic mass is 79.9. The molecule has 1 heterocycles. The van der Waals surface area contributed by atoms with Gasteiger partial charge in [0.15, 0.2) is 0 Å². The third-order valence-electron chi connectivity index (χ3n) is 5.36. The Morgan fingerprint density at radius 3 is 2.09 bits per heavy atom. The molecule has 1 fully saturated rings. The summed E-state index contributed by atoms with van der Waals surface area (Å²) in [6.45, 7) is 4.07. The SMILES string of the molecule is Cc1ccc(S(=O)(=O)N2CCN(C(=O)CN(c3ccc(Br)c(C)c3)S(C)(=O)=O)CC2)cc1. The number of piperazine rings is 1. The number of rotatable bonds is 6. The molecule has 0 atom stereocenters. The van der Waals surface area contributed by atoms with Gasteiger partial charge in [-0.3, -0.25) is 9.10 Å². The van der Waals surface area contributed by atoms with Crippen LogP contribution in [0.1, 0.15) is 11.1 Å². The van der Waals surface area contributed by atoms with E-state index in [4.69, 9.17) is 0 Å². The maximum Gasteiger partial charge on any atom is 0.243 e. The van der Waals surface area contributed by atoms with E-state index in [0.29, 0.717) is 5.69 Å². The molecule has 3 rings (SSSR count). The zero-order valence-electron chi connectivity index (χ0n) is 18.2. The summed E-state index contributed by atoms with van der Waals surface area (Å²) < 4.78 is 53.7. The second kappa shape index (κ2) is 9.50. The number of benzene rings is 2. The van der Waals surface area contributed by atoms with Crippen molar-refractivity contribution in [3.05, 3.63) is 58.1 Å². The number of hydrogen-bond donors (Lipinski definition) is 0. The van der Waals surface area contributed by atoms with Crippen LogP contribution in [0.5, 0.6) is 0 Å². The topological polar surface area (TPSA) is 95.1 Å². The van der Waals surface area contributed by atoms with Gasteiger partial charge in [-0.2, -0.15) is 4.31 Å². The maximum absolute atomic E-state index is 12.9. The molecule has 0 radical (unpaired) electrons. The van der Waals surface area contributed by atoms with Crippen LogP contribution in [0.25, 0.3) is 0 Å². The Bertz CT molecular complexity index is 1210. The van der Waals surface area contributed by atoms with Crippen molar-refractivity contribution in [3.8, 4) is 0 Å². The smallest absolute Gasteiger partial charge is 0.243 e. The number of carbonyl (C=O) groups excluding carboxylic acids is 1. The van der Waals surface area contributed by atoms with Crippen molar-refractivity contribution in [2.24, 2.45) is 0 Å². The van der Waals surface area contributed by atoms with Crippen molar-refractivity contribution in [1.82, 2.24) is 9.21 Å². The lowest BCUT2D eigenvalue weighted by Crippen LogP contribution is -2.53. The zero-order valence-corrected chi connectivity index (χ0v) is 21.4. The molecular formula is C21H26BrN3O5S2. The Labute approximate surface area is 198 Å². The Balaban J connectivity index is 1.70. The van der Waals surface area contributed by atoms with Crippen LogP contribution >= 0.6 is 15.9 Å². The predicted molar refractivity (Wildman–Crippen MR) is 128 cm³/mol. The minimum absolute atomic E-state index is 0.151. The molecule has 32 heavy (non-hydrogen) atoms. The van der Waals surface area contributed by atoms with Crippen LogP contribution in [0, 0.1) is 13.8 Å². The monoisotopic (exact) mass is 543 g/mol. The van der Waals surface area contributed by atoms with Gasteiger partial charge in [0.05, 0.1) is 16.8 Å². The highest BCUT2D eigenvalue weighted by molar-refractivity contribution is 9.10. The van der Waals surface area contributed by atoms with Crippen LogP contribution in [0.4, 0.5) is 5.69 Å². The van der Waals surface area contributed by atoms with Crippen LogP contribution in [0.3, 0.4) is 0 Å². The fraction of sp³-hybridized carbons (Fsp3) is 0.381. The molecule has 8 nitrogen and oxygen atoms in total. The molecule has 174 valence electrons. The lowest BCUT2D eigenvalue weighted by molar-refractivity contribution is -0.130. The van der Waals surface area contributed by atoms with Crippen molar-refractivity contribution in [2.45, 2.75) is 18.7 Å². The van der Waals surface area contributed by atoms with Gasteiger partial charge in [-0.05, 0) is 49.7 Å². The third kappa shape index (κ3) is 5.51. The third-order valence-corrected chi connectivity index (χ3v) is 9.30. The van der Waals surface area contributed by atoms with E-state index in [9.17, 15) is 21.6 Å². The van der Waals surface area contributed by atoms with Gasteiger partial charge >= 0.3 is 0 Å². The van der Waals surface area contributed by atoms with Crippen LogP contribution in [-0.2, 0) is 24.8 Å². The summed E-state index contributed by atoms with van der Waals surface area (Å²) in [4.78, 5) is 14.6. The first-order chi connectivity index (χ1) is 14.9. The molecule has 1 saturated heterocycles. The summed E-state index contributed by atoms with van der Waals surface area (Å²) in [5.41, 5.74) is 2.22. The van der Waals surface area contributed by atoms with Gasteiger partial charge < -0.3 is 4.90 Å².